The van der Waals surface area contributed by atoms with E-state index >= 15 is 0 Å². The van der Waals surface area contributed by atoms with Gasteiger partial charge in [-0.3, -0.25) is 4.79 Å². The molecule has 2 N–H and O–H groups in total. The minimum Gasteiger partial charge on any atom is -0.361 e. The Morgan fingerprint density at radius 3 is 2.89 bits per heavy atom. The topological polar surface area (TPSA) is 57.8 Å². The molecule has 4 nitrogen and oxygen atoms in total. The lowest BCUT2D eigenvalue weighted by atomic mass is 10.0. The molecule has 2 rings (SSSR count). The molecule has 0 aliphatic carbocycles. The Kier molecular flexibility index (Phi) is 4.04. The monoisotopic (exact) mass is 283 g/mol. The first-order valence-corrected chi connectivity index (χ1v) is 6.88. The van der Waals surface area contributed by atoms with E-state index in [1.54, 1.807) is 11.3 Å². The van der Waals surface area contributed by atoms with Crippen LogP contribution >= 0.6 is 22.9 Å². The summed E-state index contributed by atoms with van der Waals surface area (Å²) in [5.41, 5.74) is -0.331. The number of nitrogens with one attached hydrogen (secondary N) is 2. The fourth-order valence-electron chi connectivity index (χ4n) is 1.67. The second-order valence-electron chi connectivity index (χ2n) is 4.28. The fourth-order valence-corrected chi connectivity index (χ4v) is 2.77. The smallest absolute Gasteiger partial charge is 0.271 e. The highest BCUT2D eigenvalue weighted by Crippen LogP contribution is 2.30. The second-order valence-corrected chi connectivity index (χ2v) is 5.63. The van der Waals surface area contributed by atoms with Crippen LogP contribution in [0.4, 0.5) is 5.82 Å². The van der Waals surface area contributed by atoms with Crippen molar-refractivity contribution in [3.63, 3.8) is 0 Å². The number of aromatic nitrogens is 2. The molecule has 0 fully saturated rings. The average Bonchev–Trinajstić information content (AvgIpc) is 2.84. The predicted octanol–water partition coefficient (Wildman–Crippen LogP) is 3.29. The maximum absolute atomic E-state index is 11.4. The van der Waals surface area contributed by atoms with Crippen molar-refractivity contribution in [2.45, 2.75) is 19.9 Å². The fraction of sp³-hybridized carbons (Fsp3) is 0.333. The number of thiophene rings is 1. The lowest BCUT2D eigenvalue weighted by Crippen LogP contribution is -2.19. The second kappa shape index (κ2) is 5.54. The van der Waals surface area contributed by atoms with E-state index in [9.17, 15) is 4.79 Å². The van der Waals surface area contributed by atoms with Crippen molar-refractivity contribution in [2.24, 2.45) is 5.92 Å². The molecular weight excluding hydrogens is 270 g/mol. The summed E-state index contributed by atoms with van der Waals surface area (Å²) >= 11 is 7.61. The first-order valence-electron chi connectivity index (χ1n) is 5.62. The minimum atomic E-state index is -0.331. The van der Waals surface area contributed by atoms with Gasteiger partial charge in [0.25, 0.3) is 5.56 Å². The maximum atomic E-state index is 11.4. The Morgan fingerprint density at radius 1 is 1.50 bits per heavy atom. The highest BCUT2D eigenvalue weighted by atomic mass is 35.5. The molecule has 0 aliphatic heterocycles. The first kappa shape index (κ1) is 13.1. The van der Waals surface area contributed by atoms with E-state index in [0.717, 1.165) is 0 Å². The third kappa shape index (κ3) is 2.73. The van der Waals surface area contributed by atoms with Crippen LogP contribution in [-0.4, -0.2) is 9.97 Å². The zero-order valence-electron chi connectivity index (χ0n) is 10.1. The van der Waals surface area contributed by atoms with Gasteiger partial charge in [-0.25, -0.2) is 4.98 Å². The van der Waals surface area contributed by atoms with E-state index in [4.69, 9.17) is 11.6 Å². The van der Waals surface area contributed by atoms with Crippen LogP contribution in [0.5, 0.6) is 0 Å². The van der Waals surface area contributed by atoms with E-state index < -0.39 is 0 Å². The van der Waals surface area contributed by atoms with Crippen LogP contribution in [0.25, 0.3) is 0 Å². The largest absolute Gasteiger partial charge is 0.361 e. The predicted molar refractivity (Wildman–Crippen MR) is 75.4 cm³/mol. The molecule has 0 amide bonds. The van der Waals surface area contributed by atoms with Crippen molar-refractivity contribution in [1.29, 1.82) is 0 Å². The molecule has 0 aliphatic rings. The number of aromatic amines is 1. The Morgan fingerprint density at radius 2 is 2.28 bits per heavy atom. The summed E-state index contributed by atoms with van der Waals surface area (Å²) in [6.45, 7) is 4.22. The van der Waals surface area contributed by atoms with Gasteiger partial charge in [0, 0.05) is 4.88 Å². The Bertz CT molecular complexity index is 565. The molecular formula is C12H14ClN3OS. The van der Waals surface area contributed by atoms with Gasteiger partial charge in [-0.05, 0) is 17.4 Å². The SMILES string of the molecule is CC(C)C(Nc1nc[nH]c(=O)c1Cl)c1cccs1. The summed E-state index contributed by atoms with van der Waals surface area (Å²) in [5, 5.41) is 5.36. The van der Waals surface area contributed by atoms with Crippen molar-refractivity contribution < 1.29 is 0 Å². The third-order valence-electron chi connectivity index (χ3n) is 2.61. The molecule has 6 heteroatoms. The van der Waals surface area contributed by atoms with E-state index in [1.165, 1.54) is 11.2 Å². The van der Waals surface area contributed by atoms with Crippen molar-refractivity contribution >= 4 is 28.8 Å². The van der Waals surface area contributed by atoms with Gasteiger partial charge in [-0.2, -0.15) is 0 Å². The zero-order valence-corrected chi connectivity index (χ0v) is 11.7. The molecule has 0 bridgehead atoms. The quantitative estimate of drug-likeness (QED) is 0.905. The molecule has 0 radical (unpaired) electrons. The average molecular weight is 284 g/mol. The molecule has 0 saturated carbocycles. The van der Waals surface area contributed by atoms with Crippen LogP contribution in [0.1, 0.15) is 24.8 Å². The van der Waals surface area contributed by atoms with Crippen LogP contribution in [0.3, 0.4) is 0 Å². The summed E-state index contributed by atoms with van der Waals surface area (Å²) in [7, 11) is 0. The molecule has 1 unspecified atom stereocenters. The Hall–Kier alpha value is -1.33. The normalized spacial score (nSPS) is 12.7. The van der Waals surface area contributed by atoms with Crippen LogP contribution < -0.4 is 10.9 Å². The van der Waals surface area contributed by atoms with Gasteiger partial charge in [0.15, 0.2) is 5.82 Å². The van der Waals surface area contributed by atoms with E-state index in [1.807, 2.05) is 11.4 Å². The summed E-state index contributed by atoms with van der Waals surface area (Å²) in [5.74, 6) is 0.785. The van der Waals surface area contributed by atoms with Crippen LogP contribution in [0, 0.1) is 5.92 Å². The van der Waals surface area contributed by atoms with E-state index in [2.05, 4.69) is 35.2 Å². The molecule has 2 heterocycles. The molecule has 1 atom stereocenters. The van der Waals surface area contributed by atoms with Crippen LogP contribution in [-0.2, 0) is 0 Å². The lowest BCUT2D eigenvalue weighted by molar-refractivity contribution is 0.552. The molecule has 2 aromatic rings. The van der Waals surface area contributed by atoms with Gasteiger partial charge in [-0.1, -0.05) is 31.5 Å². The standard InChI is InChI=1S/C12H14ClN3OS/c1-7(2)10(8-4-3-5-18-8)16-11-9(13)12(17)15-6-14-11/h3-7,10H,1-2H3,(H2,14,15,16,17). The number of rotatable bonds is 4. The highest BCUT2D eigenvalue weighted by Gasteiger charge is 2.19. The summed E-state index contributed by atoms with van der Waals surface area (Å²) in [4.78, 5) is 19.1. The number of hydrogen-bond acceptors (Lipinski definition) is 4. The highest BCUT2D eigenvalue weighted by molar-refractivity contribution is 7.10. The molecule has 0 saturated heterocycles. The summed E-state index contributed by atoms with van der Waals surface area (Å²) in [6, 6.07) is 4.16. The minimum absolute atomic E-state index is 0.0943. The lowest BCUT2D eigenvalue weighted by Gasteiger charge is -2.22. The number of halogens is 1. The molecule has 2 aromatic heterocycles. The molecule has 96 valence electrons. The molecule has 0 aromatic carbocycles. The number of nitrogens with zero attached hydrogens (tertiary/aromatic N) is 1. The Balaban J connectivity index is 2.30. The number of anilines is 1. The molecule has 0 spiro atoms. The van der Waals surface area contributed by atoms with Crippen LogP contribution in [0.2, 0.25) is 5.02 Å². The summed E-state index contributed by atoms with van der Waals surface area (Å²) in [6.07, 6.45) is 1.35. The van der Waals surface area contributed by atoms with E-state index in [0.29, 0.717) is 11.7 Å². The van der Waals surface area contributed by atoms with E-state index in [-0.39, 0.29) is 16.6 Å². The van der Waals surface area contributed by atoms with Gasteiger partial charge in [0.1, 0.15) is 5.02 Å². The van der Waals surface area contributed by atoms with Crippen molar-refractivity contribution in [3.05, 3.63) is 44.1 Å². The number of hydrogen-bond donors (Lipinski definition) is 2. The molecule has 18 heavy (non-hydrogen) atoms. The maximum Gasteiger partial charge on any atom is 0.271 e. The third-order valence-corrected chi connectivity index (χ3v) is 3.91. The van der Waals surface area contributed by atoms with Crippen molar-refractivity contribution in [1.82, 2.24) is 9.97 Å². The van der Waals surface area contributed by atoms with Crippen molar-refractivity contribution in [2.75, 3.05) is 5.32 Å². The Labute approximate surface area is 114 Å². The van der Waals surface area contributed by atoms with Crippen LogP contribution in [0.15, 0.2) is 28.6 Å². The van der Waals surface area contributed by atoms with Gasteiger partial charge in [0.05, 0.1) is 12.4 Å². The number of H-pyrrole nitrogens is 1. The van der Waals surface area contributed by atoms with Gasteiger partial charge < -0.3 is 10.3 Å². The first-order chi connectivity index (χ1) is 8.59. The van der Waals surface area contributed by atoms with Crippen molar-refractivity contribution in [3.8, 4) is 0 Å². The van der Waals surface area contributed by atoms with Gasteiger partial charge in [0.2, 0.25) is 0 Å². The summed E-state index contributed by atoms with van der Waals surface area (Å²) < 4.78 is 0. The van der Waals surface area contributed by atoms with Gasteiger partial charge in [-0.15, -0.1) is 11.3 Å². The van der Waals surface area contributed by atoms with Gasteiger partial charge >= 0.3 is 0 Å². The zero-order chi connectivity index (χ0) is 13.1.